The lowest BCUT2D eigenvalue weighted by Crippen LogP contribution is -2.32. The quantitative estimate of drug-likeness (QED) is 0.807. The van der Waals surface area contributed by atoms with Crippen LogP contribution in [-0.4, -0.2) is 30.7 Å². The second kappa shape index (κ2) is 6.58. The molecule has 1 N–H and O–H groups in total. The first-order valence-corrected chi connectivity index (χ1v) is 8.91. The molecular formula is C12H20ClN3O3S. The van der Waals surface area contributed by atoms with E-state index < -0.39 is 15.1 Å². The molecule has 0 saturated carbocycles. The fourth-order valence-corrected chi connectivity index (χ4v) is 3.62. The zero-order valence-corrected chi connectivity index (χ0v) is 13.7. The maximum absolute atomic E-state index is 11.9. The predicted octanol–water partition coefficient (Wildman–Crippen LogP) is 1.63. The molecule has 0 aliphatic rings. The van der Waals surface area contributed by atoms with Crippen molar-refractivity contribution in [2.45, 2.75) is 51.5 Å². The minimum absolute atomic E-state index is 0.0420. The molecule has 1 atom stereocenters. The first kappa shape index (κ1) is 17.0. The lowest BCUT2D eigenvalue weighted by Gasteiger charge is -2.14. The van der Waals surface area contributed by atoms with Gasteiger partial charge < -0.3 is 5.32 Å². The molecule has 0 aromatic carbocycles. The Kier molecular flexibility index (Phi) is 5.59. The number of nitrogens with one attached hydrogen (secondary N) is 1. The van der Waals surface area contributed by atoms with Gasteiger partial charge in [-0.1, -0.05) is 13.8 Å². The first-order valence-electron chi connectivity index (χ1n) is 6.60. The van der Waals surface area contributed by atoms with Gasteiger partial charge in [0.15, 0.2) is 0 Å². The summed E-state index contributed by atoms with van der Waals surface area (Å²) in [6, 6.07) is -0.581. The molecule has 1 amide bonds. The van der Waals surface area contributed by atoms with Crippen LogP contribution in [0.1, 0.15) is 45.1 Å². The summed E-state index contributed by atoms with van der Waals surface area (Å²) in [7, 11) is 1.62. The Morgan fingerprint density at radius 3 is 2.35 bits per heavy atom. The average Bonchev–Trinajstić information content (AvgIpc) is 2.76. The molecule has 0 saturated heterocycles. The van der Waals surface area contributed by atoms with E-state index >= 15 is 0 Å². The van der Waals surface area contributed by atoms with Gasteiger partial charge in [0.25, 0.3) is 9.05 Å². The molecule has 0 spiro atoms. The van der Waals surface area contributed by atoms with Crippen LogP contribution < -0.4 is 5.32 Å². The highest BCUT2D eigenvalue weighted by Crippen LogP contribution is 2.27. The SMILES string of the molecule is CCNC(=O)C(C)n1nc(CC)c(S(=O)(=O)Cl)c1CC. The van der Waals surface area contributed by atoms with E-state index in [1.807, 2.05) is 13.8 Å². The van der Waals surface area contributed by atoms with E-state index in [0.717, 1.165) is 0 Å². The number of rotatable bonds is 6. The van der Waals surface area contributed by atoms with Gasteiger partial charge >= 0.3 is 0 Å². The van der Waals surface area contributed by atoms with Crippen LogP contribution in [0.15, 0.2) is 4.90 Å². The number of carbonyl (C=O) groups is 1. The number of aryl methyl sites for hydroxylation is 1. The van der Waals surface area contributed by atoms with E-state index in [9.17, 15) is 13.2 Å². The minimum atomic E-state index is -3.88. The Balaban J connectivity index is 3.42. The summed E-state index contributed by atoms with van der Waals surface area (Å²) < 4.78 is 24.9. The van der Waals surface area contributed by atoms with Gasteiger partial charge in [0.05, 0.1) is 11.4 Å². The van der Waals surface area contributed by atoms with Crippen molar-refractivity contribution in [1.29, 1.82) is 0 Å². The van der Waals surface area contributed by atoms with Gasteiger partial charge in [-0.05, 0) is 26.7 Å². The molecular weight excluding hydrogens is 302 g/mol. The van der Waals surface area contributed by atoms with Gasteiger partial charge in [0.1, 0.15) is 10.9 Å². The van der Waals surface area contributed by atoms with E-state index in [1.165, 1.54) is 4.68 Å². The summed E-state index contributed by atoms with van der Waals surface area (Å²) in [5, 5.41) is 6.96. The molecule has 0 radical (unpaired) electrons. The van der Waals surface area contributed by atoms with Crippen molar-refractivity contribution in [3.63, 3.8) is 0 Å². The third-order valence-corrected chi connectivity index (χ3v) is 4.46. The number of nitrogens with zero attached hydrogens (tertiary/aromatic N) is 2. The lowest BCUT2D eigenvalue weighted by atomic mass is 10.2. The highest BCUT2D eigenvalue weighted by molar-refractivity contribution is 8.13. The van der Waals surface area contributed by atoms with Crippen molar-refractivity contribution in [1.82, 2.24) is 15.1 Å². The van der Waals surface area contributed by atoms with E-state index in [0.29, 0.717) is 30.8 Å². The van der Waals surface area contributed by atoms with Crippen LogP contribution in [0.3, 0.4) is 0 Å². The number of carbonyl (C=O) groups excluding carboxylic acids is 1. The highest BCUT2D eigenvalue weighted by Gasteiger charge is 2.28. The van der Waals surface area contributed by atoms with Crippen molar-refractivity contribution >= 4 is 25.6 Å². The van der Waals surface area contributed by atoms with Crippen LogP contribution in [0.4, 0.5) is 0 Å². The number of hydrogen-bond acceptors (Lipinski definition) is 4. The van der Waals surface area contributed by atoms with Crippen LogP contribution in [0.5, 0.6) is 0 Å². The summed E-state index contributed by atoms with van der Waals surface area (Å²) in [5.41, 5.74) is 0.864. The van der Waals surface area contributed by atoms with Gasteiger partial charge in [-0.15, -0.1) is 0 Å². The fourth-order valence-electron chi connectivity index (χ4n) is 2.10. The molecule has 1 unspecified atom stereocenters. The molecule has 6 nitrogen and oxygen atoms in total. The number of aromatic nitrogens is 2. The largest absolute Gasteiger partial charge is 0.355 e. The smallest absolute Gasteiger partial charge is 0.264 e. The van der Waals surface area contributed by atoms with Crippen molar-refractivity contribution in [2.75, 3.05) is 6.54 Å². The van der Waals surface area contributed by atoms with Crippen molar-refractivity contribution in [3.8, 4) is 0 Å². The van der Waals surface area contributed by atoms with Crippen LogP contribution in [0.2, 0.25) is 0 Å². The number of hydrogen-bond donors (Lipinski definition) is 1. The second-order valence-corrected chi connectivity index (χ2v) is 6.89. The van der Waals surface area contributed by atoms with Crippen LogP contribution in [0, 0.1) is 0 Å². The Bertz CT molecular complexity index is 595. The minimum Gasteiger partial charge on any atom is -0.355 e. The molecule has 1 rings (SSSR count). The maximum atomic E-state index is 11.9. The molecule has 0 bridgehead atoms. The topological polar surface area (TPSA) is 81.1 Å². The van der Waals surface area contributed by atoms with Gasteiger partial charge in [-0.2, -0.15) is 5.10 Å². The summed E-state index contributed by atoms with van der Waals surface area (Å²) in [4.78, 5) is 12.0. The molecule has 20 heavy (non-hydrogen) atoms. The van der Waals surface area contributed by atoms with Crippen LogP contribution in [0.25, 0.3) is 0 Å². The highest BCUT2D eigenvalue weighted by atomic mass is 35.7. The molecule has 1 aromatic rings. The molecule has 1 aromatic heterocycles. The molecule has 0 aliphatic carbocycles. The van der Waals surface area contributed by atoms with Gasteiger partial charge in [-0.3, -0.25) is 9.48 Å². The predicted molar refractivity (Wildman–Crippen MR) is 77.4 cm³/mol. The van der Waals surface area contributed by atoms with E-state index in [2.05, 4.69) is 10.4 Å². The first-order chi connectivity index (χ1) is 9.27. The van der Waals surface area contributed by atoms with Crippen molar-refractivity contribution in [3.05, 3.63) is 11.4 Å². The van der Waals surface area contributed by atoms with E-state index in [1.54, 1.807) is 13.8 Å². The molecule has 8 heteroatoms. The standard InChI is InChI=1S/C12H20ClN3O3S/c1-5-9-11(20(13,18)19)10(6-2)16(15-9)8(4)12(17)14-7-3/h8H,5-7H2,1-4H3,(H,14,17). The zero-order valence-electron chi connectivity index (χ0n) is 12.1. The lowest BCUT2D eigenvalue weighted by molar-refractivity contribution is -0.124. The van der Waals surface area contributed by atoms with Crippen molar-refractivity contribution in [2.24, 2.45) is 0 Å². The van der Waals surface area contributed by atoms with E-state index in [4.69, 9.17) is 10.7 Å². The van der Waals surface area contributed by atoms with Crippen LogP contribution in [-0.2, 0) is 26.7 Å². The zero-order chi connectivity index (χ0) is 15.5. The third kappa shape index (κ3) is 3.32. The monoisotopic (exact) mass is 321 g/mol. The molecule has 0 aliphatic heterocycles. The average molecular weight is 322 g/mol. The molecule has 114 valence electrons. The number of likely N-dealkylation sites (N-methyl/N-ethyl adjacent to an activating group) is 1. The fraction of sp³-hybridized carbons (Fsp3) is 0.667. The van der Waals surface area contributed by atoms with Gasteiger partial charge in [0, 0.05) is 17.2 Å². The third-order valence-electron chi connectivity index (χ3n) is 3.04. The van der Waals surface area contributed by atoms with E-state index in [-0.39, 0.29) is 10.8 Å². The van der Waals surface area contributed by atoms with Crippen molar-refractivity contribution < 1.29 is 13.2 Å². The second-order valence-electron chi connectivity index (χ2n) is 4.38. The maximum Gasteiger partial charge on any atom is 0.264 e. The Morgan fingerprint density at radius 2 is 1.95 bits per heavy atom. The molecule has 1 heterocycles. The Morgan fingerprint density at radius 1 is 1.35 bits per heavy atom. The Labute approximate surface area is 123 Å². The van der Waals surface area contributed by atoms with Gasteiger partial charge in [-0.25, -0.2) is 8.42 Å². The van der Waals surface area contributed by atoms with Crippen LogP contribution >= 0.6 is 10.7 Å². The Hall–Kier alpha value is -1.08. The summed E-state index contributed by atoms with van der Waals surface area (Å²) in [6.45, 7) is 7.62. The normalized spacial score (nSPS) is 13.2. The number of halogens is 1. The summed E-state index contributed by atoms with van der Waals surface area (Å²) >= 11 is 0. The summed E-state index contributed by atoms with van der Waals surface area (Å²) in [5.74, 6) is -0.203. The summed E-state index contributed by atoms with van der Waals surface area (Å²) in [6.07, 6.45) is 0.863. The number of amides is 1. The molecule has 0 fully saturated rings. The van der Waals surface area contributed by atoms with Gasteiger partial charge in [0.2, 0.25) is 5.91 Å².